The molecule has 0 unspecified atom stereocenters. The summed E-state index contributed by atoms with van der Waals surface area (Å²) >= 11 is 6.51. The zero-order valence-electron chi connectivity index (χ0n) is 25.0. The number of carbonyl (C=O) groups excluding carboxylic acids is 1. The molecule has 1 amide bonds. The van der Waals surface area contributed by atoms with Crippen molar-refractivity contribution in [3.63, 3.8) is 0 Å². The standard InChI is InChI=1S/C33H31ClN8O3/c1-4-41(5-2)16-17-45-26-13-10-24(11-14-26)38-32-36-20-27-21(3)42(33(44)40-30(27)39-32)29-18-25(12-15-28(29)34)37-31(43)23-8-6-22(19-35)7-9-23/h6-15,18,20H,4-5,16-17H2,1-3H3,(H,37,43)(H,38,39,40,44). The van der Waals surface area contributed by atoms with Gasteiger partial charge >= 0.3 is 5.69 Å². The molecule has 0 atom stereocenters. The lowest BCUT2D eigenvalue weighted by atomic mass is 10.1. The number of amides is 1. The highest BCUT2D eigenvalue weighted by molar-refractivity contribution is 6.32. The lowest BCUT2D eigenvalue weighted by molar-refractivity contribution is 0.102. The summed E-state index contributed by atoms with van der Waals surface area (Å²) in [5, 5.41) is 15.8. The topological polar surface area (TPSA) is 138 Å². The molecule has 0 aliphatic rings. The normalized spacial score (nSPS) is 10.9. The largest absolute Gasteiger partial charge is 0.492 e. The van der Waals surface area contributed by atoms with E-state index < -0.39 is 5.69 Å². The monoisotopic (exact) mass is 622 g/mol. The highest BCUT2D eigenvalue weighted by Crippen LogP contribution is 2.27. The van der Waals surface area contributed by atoms with Crippen molar-refractivity contribution in [2.45, 2.75) is 20.8 Å². The molecule has 0 fully saturated rings. The predicted molar refractivity (Wildman–Crippen MR) is 175 cm³/mol. The number of likely N-dealkylation sites (N-methyl/N-ethyl adjacent to an activating group) is 1. The predicted octanol–water partition coefficient (Wildman–Crippen LogP) is 5.73. The molecule has 45 heavy (non-hydrogen) atoms. The van der Waals surface area contributed by atoms with Crippen molar-refractivity contribution in [3.05, 3.63) is 105 Å². The molecule has 0 bridgehead atoms. The van der Waals surface area contributed by atoms with Gasteiger partial charge in [-0.3, -0.25) is 9.36 Å². The van der Waals surface area contributed by atoms with Crippen LogP contribution in [0.2, 0.25) is 5.02 Å². The molecule has 12 heteroatoms. The Hall–Kier alpha value is -5.31. The number of hydrogen-bond acceptors (Lipinski definition) is 9. The van der Waals surface area contributed by atoms with Crippen LogP contribution in [0.1, 0.15) is 35.5 Å². The molecule has 0 spiro atoms. The van der Waals surface area contributed by atoms with E-state index in [9.17, 15) is 9.59 Å². The van der Waals surface area contributed by atoms with E-state index in [0.29, 0.717) is 40.2 Å². The summed E-state index contributed by atoms with van der Waals surface area (Å²) < 4.78 is 7.21. The first-order valence-corrected chi connectivity index (χ1v) is 14.8. The first-order chi connectivity index (χ1) is 21.8. The Morgan fingerprint density at radius 2 is 1.73 bits per heavy atom. The summed E-state index contributed by atoms with van der Waals surface area (Å²) in [5.41, 5.74) is 2.51. The van der Waals surface area contributed by atoms with Crippen LogP contribution in [0.25, 0.3) is 16.7 Å². The number of aromatic nitrogens is 4. The molecule has 0 aliphatic heterocycles. The number of rotatable bonds is 11. The Balaban J connectivity index is 1.33. The third-order valence-electron chi connectivity index (χ3n) is 7.29. The molecule has 3 aromatic carbocycles. The molecule has 2 aromatic heterocycles. The molecule has 2 N–H and O–H groups in total. The number of hydrogen-bond donors (Lipinski definition) is 2. The number of fused-ring (bicyclic) bond motifs is 1. The molecular formula is C33H31ClN8O3. The van der Waals surface area contributed by atoms with E-state index in [4.69, 9.17) is 21.6 Å². The maximum absolute atomic E-state index is 13.3. The second-order valence-electron chi connectivity index (χ2n) is 10.1. The fraction of sp³-hybridized carbons (Fsp3) is 0.212. The number of carbonyl (C=O) groups is 1. The zero-order chi connectivity index (χ0) is 31.9. The molecule has 0 radical (unpaired) electrons. The molecule has 5 aromatic rings. The molecule has 228 valence electrons. The summed E-state index contributed by atoms with van der Waals surface area (Å²) in [6.07, 6.45) is 1.60. The quantitative estimate of drug-likeness (QED) is 0.189. The minimum atomic E-state index is -0.590. The summed E-state index contributed by atoms with van der Waals surface area (Å²) in [4.78, 5) is 41.5. The SMILES string of the molecule is CCN(CC)CCOc1ccc(Nc2ncc3c(C)n(-c4cc(NC(=O)c5ccc(C#N)cc5)ccc4Cl)c(=O)nc3n2)cc1. The van der Waals surface area contributed by atoms with Crippen LogP contribution in [-0.2, 0) is 0 Å². The van der Waals surface area contributed by atoms with Crippen molar-refractivity contribution in [3.8, 4) is 17.5 Å². The van der Waals surface area contributed by atoms with Crippen LogP contribution in [0.5, 0.6) is 5.75 Å². The molecule has 5 rings (SSSR count). The second kappa shape index (κ2) is 14.0. The Morgan fingerprint density at radius 1 is 1.02 bits per heavy atom. The zero-order valence-corrected chi connectivity index (χ0v) is 25.8. The van der Waals surface area contributed by atoms with Crippen molar-refractivity contribution in [1.29, 1.82) is 5.26 Å². The molecule has 0 saturated heterocycles. The van der Waals surface area contributed by atoms with Crippen LogP contribution in [-0.4, -0.2) is 56.6 Å². The Labute approximate surface area is 265 Å². The van der Waals surface area contributed by atoms with Crippen molar-refractivity contribution in [1.82, 2.24) is 24.4 Å². The third-order valence-corrected chi connectivity index (χ3v) is 7.61. The summed E-state index contributed by atoms with van der Waals surface area (Å²) in [7, 11) is 0. The van der Waals surface area contributed by atoms with E-state index in [2.05, 4.69) is 44.3 Å². The van der Waals surface area contributed by atoms with Gasteiger partial charge in [-0.25, -0.2) is 9.78 Å². The number of aryl methyl sites for hydroxylation is 1. The average molecular weight is 623 g/mol. The average Bonchev–Trinajstić information content (AvgIpc) is 3.05. The lowest BCUT2D eigenvalue weighted by Gasteiger charge is -2.18. The van der Waals surface area contributed by atoms with Gasteiger partial charge in [0, 0.05) is 35.4 Å². The van der Waals surface area contributed by atoms with Crippen molar-refractivity contribution in [2.24, 2.45) is 0 Å². The number of nitrogens with one attached hydrogen (secondary N) is 2. The fourth-order valence-electron chi connectivity index (χ4n) is 4.72. The van der Waals surface area contributed by atoms with Gasteiger partial charge in [0.15, 0.2) is 5.65 Å². The van der Waals surface area contributed by atoms with Crippen LogP contribution in [0.4, 0.5) is 17.3 Å². The van der Waals surface area contributed by atoms with Gasteiger partial charge in [0.1, 0.15) is 12.4 Å². The van der Waals surface area contributed by atoms with E-state index in [0.717, 1.165) is 31.1 Å². The highest BCUT2D eigenvalue weighted by Gasteiger charge is 2.16. The van der Waals surface area contributed by atoms with E-state index in [1.54, 1.807) is 55.6 Å². The van der Waals surface area contributed by atoms with Crippen LogP contribution < -0.4 is 21.1 Å². The smallest absolute Gasteiger partial charge is 0.354 e. The first kappa shape index (κ1) is 31.1. The second-order valence-corrected chi connectivity index (χ2v) is 10.5. The van der Waals surface area contributed by atoms with E-state index >= 15 is 0 Å². The van der Waals surface area contributed by atoms with Gasteiger partial charge in [-0.15, -0.1) is 0 Å². The Bertz CT molecular complexity index is 1930. The van der Waals surface area contributed by atoms with Crippen LogP contribution in [0.3, 0.4) is 0 Å². The van der Waals surface area contributed by atoms with Gasteiger partial charge in [0.2, 0.25) is 5.95 Å². The first-order valence-electron chi connectivity index (χ1n) is 14.4. The van der Waals surface area contributed by atoms with Gasteiger partial charge in [-0.2, -0.15) is 15.2 Å². The fourth-order valence-corrected chi connectivity index (χ4v) is 4.92. The number of nitrogens with zero attached hydrogens (tertiary/aromatic N) is 6. The van der Waals surface area contributed by atoms with Crippen LogP contribution in [0.15, 0.2) is 77.7 Å². The van der Waals surface area contributed by atoms with Gasteiger partial charge in [0.05, 0.1) is 27.7 Å². The number of nitriles is 1. The number of anilines is 3. The molecule has 2 heterocycles. The van der Waals surface area contributed by atoms with Gasteiger partial charge in [0.25, 0.3) is 5.91 Å². The molecular weight excluding hydrogens is 592 g/mol. The summed E-state index contributed by atoms with van der Waals surface area (Å²) in [6, 6.07) is 20.6. The molecule has 0 aliphatic carbocycles. The van der Waals surface area contributed by atoms with E-state index in [1.165, 1.54) is 4.57 Å². The lowest BCUT2D eigenvalue weighted by Crippen LogP contribution is -2.27. The highest BCUT2D eigenvalue weighted by atomic mass is 35.5. The van der Waals surface area contributed by atoms with Crippen molar-refractivity contribution < 1.29 is 9.53 Å². The van der Waals surface area contributed by atoms with Gasteiger partial charge in [-0.1, -0.05) is 25.4 Å². The minimum Gasteiger partial charge on any atom is -0.492 e. The van der Waals surface area contributed by atoms with Crippen LogP contribution in [0, 0.1) is 18.3 Å². The third kappa shape index (κ3) is 7.26. The number of ether oxygens (including phenoxy) is 1. The van der Waals surface area contributed by atoms with Crippen molar-refractivity contribution in [2.75, 3.05) is 36.9 Å². The summed E-state index contributed by atoms with van der Waals surface area (Å²) in [5.74, 6) is 0.674. The Kier molecular flexibility index (Phi) is 9.67. The maximum Gasteiger partial charge on any atom is 0.354 e. The van der Waals surface area contributed by atoms with Gasteiger partial charge < -0.3 is 20.3 Å². The van der Waals surface area contributed by atoms with Gasteiger partial charge in [-0.05, 0) is 86.7 Å². The van der Waals surface area contributed by atoms with E-state index in [-0.39, 0.29) is 22.5 Å². The van der Waals surface area contributed by atoms with E-state index in [1.807, 2.05) is 30.3 Å². The minimum absolute atomic E-state index is 0.226. The number of benzene rings is 3. The molecule has 0 saturated carbocycles. The summed E-state index contributed by atoms with van der Waals surface area (Å²) in [6.45, 7) is 9.44. The Morgan fingerprint density at radius 3 is 2.42 bits per heavy atom. The number of halogens is 1. The molecule has 11 nitrogen and oxygen atoms in total. The van der Waals surface area contributed by atoms with Crippen LogP contribution >= 0.6 is 11.6 Å². The van der Waals surface area contributed by atoms with Crippen molar-refractivity contribution >= 4 is 45.9 Å². The maximum atomic E-state index is 13.3.